The van der Waals surface area contributed by atoms with Gasteiger partial charge in [0.1, 0.15) is 11.5 Å². The minimum absolute atomic E-state index is 0.000274. The Morgan fingerprint density at radius 1 is 1.24 bits per heavy atom. The fourth-order valence-electron chi connectivity index (χ4n) is 2.46. The molecule has 1 heterocycles. The lowest BCUT2D eigenvalue weighted by molar-refractivity contribution is -0.122. The zero-order chi connectivity index (χ0) is 18.0. The molecule has 0 aromatic heterocycles. The van der Waals surface area contributed by atoms with Gasteiger partial charge in [0.15, 0.2) is 6.10 Å². The molecule has 6 nitrogen and oxygen atoms in total. The second-order valence-corrected chi connectivity index (χ2v) is 6.08. The van der Waals surface area contributed by atoms with E-state index in [1.807, 2.05) is 32.0 Å². The first-order valence-electron chi connectivity index (χ1n) is 8.12. The van der Waals surface area contributed by atoms with Crippen LogP contribution >= 0.6 is 0 Å². The Bertz CT molecular complexity index is 817. The largest absolute Gasteiger partial charge is 0.489 e. The van der Waals surface area contributed by atoms with Crippen LogP contribution in [0.4, 0.5) is 11.4 Å². The Morgan fingerprint density at radius 3 is 2.76 bits per heavy atom. The quantitative estimate of drug-likeness (QED) is 0.894. The summed E-state index contributed by atoms with van der Waals surface area (Å²) in [4.78, 5) is 24.2. The van der Waals surface area contributed by atoms with Crippen LogP contribution in [0.25, 0.3) is 0 Å². The number of anilines is 2. The smallest absolute Gasteiger partial charge is 0.265 e. The van der Waals surface area contributed by atoms with Crippen LogP contribution in [0.1, 0.15) is 31.1 Å². The fraction of sp³-hybridized carbons (Fsp3) is 0.263. The van der Waals surface area contributed by atoms with Gasteiger partial charge in [-0.1, -0.05) is 12.1 Å². The van der Waals surface area contributed by atoms with Gasteiger partial charge in [0.25, 0.3) is 11.8 Å². The van der Waals surface area contributed by atoms with Gasteiger partial charge < -0.3 is 20.1 Å². The van der Waals surface area contributed by atoms with E-state index in [1.54, 1.807) is 31.2 Å². The van der Waals surface area contributed by atoms with Crippen LogP contribution in [-0.2, 0) is 4.79 Å². The third-order valence-corrected chi connectivity index (χ3v) is 3.67. The molecule has 1 aliphatic rings. The van der Waals surface area contributed by atoms with Gasteiger partial charge in [-0.15, -0.1) is 0 Å². The number of rotatable bonds is 4. The van der Waals surface area contributed by atoms with Crippen LogP contribution in [0.5, 0.6) is 11.5 Å². The van der Waals surface area contributed by atoms with E-state index in [2.05, 4.69) is 10.6 Å². The van der Waals surface area contributed by atoms with Crippen LogP contribution in [0.3, 0.4) is 0 Å². The minimum Gasteiger partial charge on any atom is -0.489 e. The van der Waals surface area contributed by atoms with Crippen molar-refractivity contribution >= 4 is 23.2 Å². The van der Waals surface area contributed by atoms with Gasteiger partial charge in [-0.3, -0.25) is 9.59 Å². The molecule has 2 aromatic rings. The standard InChI is InChI=1S/C19H20N2O4/c1-11(2)24-16-7-5-4-6-14(16)21-19(23)13-8-9-15-17(10-13)25-12(3)18(22)20-15/h4-12H,1-3H3,(H,20,22)(H,21,23). The summed E-state index contributed by atoms with van der Waals surface area (Å²) in [5, 5.41) is 5.59. The summed E-state index contributed by atoms with van der Waals surface area (Å²) >= 11 is 0. The molecule has 130 valence electrons. The molecule has 3 rings (SSSR count). The number of carbonyl (C=O) groups excluding carboxylic acids is 2. The van der Waals surface area contributed by atoms with Crippen LogP contribution in [0.15, 0.2) is 42.5 Å². The zero-order valence-corrected chi connectivity index (χ0v) is 14.3. The normalized spacial score (nSPS) is 15.8. The van der Waals surface area contributed by atoms with Gasteiger partial charge in [-0.05, 0) is 51.1 Å². The molecular weight excluding hydrogens is 320 g/mol. The van der Waals surface area contributed by atoms with Crippen LogP contribution < -0.4 is 20.1 Å². The molecule has 25 heavy (non-hydrogen) atoms. The van der Waals surface area contributed by atoms with Crippen molar-refractivity contribution in [1.82, 2.24) is 0 Å². The molecular formula is C19H20N2O4. The summed E-state index contributed by atoms with van der Waals surface area (Å²) < 4.78 is 11.3. The van der Waals surface area contributed by atoms with Crippen molar-refractivity contribution in [1.29, 1.82) is 0 Å². The van der Waals surface area contributed by atoms with Gasteiger partial charge >= 0.3 is 0 Å². The van der Waals surface area contributed by atoms with E-state index in [0.717, 1.165) is 0 Å². The molecule has 2 amide bonds. The second-order valence-electron chi connectivity index (χ2n) is 6.08. The molecule has 0 spiro atoms. The Kier molecular flexibility index (Phi) is 4.61. The van der Waals surface area contributed by atoms with E-state index in [-0.39, 0.29) is 17.9 Å². The van der Waals surface area contributed by atoms with E-state index in [1.165, 1.54) is 0 Å². The van der Waals surface area contributed by atoms with Crippen molar-refractivity contribution in [3.05, 3.63) is 48.0 Å². The Balaban J connectivity index is 1.81. The summed E-state index contributed by atoms with van der Waals surface area (Å²) in [5.41, 5.74) is 1.59. The van der Waals surface area contributed by atoms with E-state index in [9.17, 15) is 9.59 Å². The number of benzene rings is 2. The van der Waals surface area contributed by atoms with Crippen molar-refractivity contribution in [2.75, 3.05) is 10.6 Å². The van der Waals surface area contributed by atoms with E-state index in [4.69, 9.17) is 9.47 Å². The highest BCUT2D eigenvalue weighted by molar-refractivity contribution is 6.06. The van der Waals surface area contributed by atoms with Crippen molar-refractivity contribution in [2.24, 2.45) is 0 Å². The predicted molar refractivity (Wildman–Crippen MR) is 95.3 cm³/mol. The molecule has 0 radical (unpaired) electrons. The lowest BCUT2D eigenvalue weighted by Gasteiger charge is -2.23. The van der Waals surface area contributed by atoms with E-state index in [0.29, 0.717) is 28.4 Å². The van der Waals surface area contributed by atoms with Gasteiger partial charge in [0.05, 0.1) is 17.5 Å². The lowest BCUT2D eigenvalue weighted by Crippen LogP contribution is -2.34. The van der Waals surface area contributed by atoms with Crippen LogP contribution in [0.2, 0.25) is 0 Å². The van der Waals surface area contributed by atoms with Crippen molar-refractivity contribution in [3.8, 4) is 11.5 Å². The van der Waals surface area contributed by atoms with Crippen molar-refractivity contribution in [2.45, 2.75) is 33.0 Å². The van der Waals surface area contributed by atoms with Gasteiger partial charge in [0.2, 0.25) is 0 Å². The number of fused-ring (bicyclic) bond motifs is 1. The predicted octanol–water partition coefficient (Wildman–Crippen LogP) is 3.45. The minimum atomic E-state index is -0.592. The monoisotopic (exact) mass is 340 g/mol. The van der Waals surface area contributed by atoms with Gasteiger partial charge in [0, 0.05) is 5.56 Å². The van der Waals surface area contributed by atoms with Gasteiger partial charge in [-0.2, -0.15) is 0 Å². The number of ether oxygens (including phenoxy) is 2. The number of para-hydroxylation sites is 2. The molecule has 0 fully saturated rings. The molecule has 2 N–H and O–H groups in total. The summed E-state index contributed by atoms with van der Waals surface area (Å²) in [6.07, 6.45) is -0.591. The van der Waals surface area contributed by atoms with Crippen molar-refractivity contribution < 1.29 is 19.1 Å². The molecule has 0 bridgehead atoms. The van der Waals surface area contributed by atoms with Crippen LogP contribution in [-0.4, -0.2) is 24.0 Å². The SMILES string of the molecule is CC(C)Oc1ccccc1NC(=O)c1ccc2c(c1)OC(C)C(=O)N2. The molecule has 0 saturated carbocycles. The first kappa shape index (κ1) is 16.8. The molecule has 0 saturated heterocycles. The van der Waals surface area contributed by atoms with Crippen molar-refractivity contribution in [3.63, 3.8) is 0 Å². The Morgan fingerprint density at radius 2 is 2.00 bits per heavy atom. The number of amides is 2. The first-order chi connectivity index (χ1) is 11.9. The molecule has 1 atom stereocenters. The summed E-state index contributed by atoms with van der Waals surface area (Å²) in [6.45, 7) is 5.51. The molecule has 2 aromatic carbocycles. The highest BCUT2D eigenvalue weighted by Gasteiger charge is 2.24. The summed E-state index contributed by atoms with van der Waals surface area (Å²) in [7, 11) is 0. The number of carbonyl (C=O) groups is 2. The number of hydrogen-bond donors (Lipinski definition) is 2. The average molecular weight is 340 g/mol. The van der Waals surface area contributed by atoms with Crippen LogP contribution in [0, 0.1) is 0 Å². The maximum atomic E-state index is 12.6. The third kappa shape index (κ3) is 3.74. The van der Waals surface area contributed by atoms with E-state index >= 15 is 0 Å². The van der Waals surface area contributed by atoms with E-state index < -0.39 is 6.10 Å². The molecule has 6 heteroatoms. The Labute approximate surface area is 146 Å². The first-order valence-corrected chi connectivity index (χ1v) is 8.12. The fourth-order valence-corrected chi connectivity index (χ4v) is 2.46. The molecule has 1 unspecified atom stereocenters. The highest BCUT2D eigenvalue weighted by Crippen LogP contribution is 2.31. The maximum absolute atomic E-state index is 12.6. The topological polar surface area (TPSA) is 76.7 Å². The lowest BCUT2D eigenvalue weighted by atomic mass is 10.1. The Hall–Kier alpha value is -3.02. The molecule has 0 aliphatic carbocycles. The average Bonchev–Trinajstić information content (AvgIpc) is 2.57. The second kappa shape index (κ2) is 6.84. The summed E-state index contributed by atoms with van der Waals surface area (Å²) in [6, 6.07) is 12.2. The number of hydrogen-bond acceptors (Lipinski definition) is 4. The number of nitrogens with one attached hydrogen (secondary N) is 2. The summed E-state index contributed by atoms with van der Waals surface area (Å²) in [5.74, 6) is 0.604. The maximum Gasteiger partial charge on any atom is 0.265 e. The molecule has 1 aliphatic heterocycles. The van der Waals surface area contributed by atoms with Gasteiger partial charge in [-0.25, -0.2) is 0 Å². The third-order valence-electron chi connectivity index (χ3n) is 3.67. The highest BCUT2D eigenvalue weighted by atomic mass is 16.5. The zero-order valence-electron chi connectivity index (χ0n) is 14.3.